The van der Waals surface area contributed by atoms with Gasteiger partial charge in [0.05, 0.1) is 12.5 Å². The zero-order chi connectivity index (χ0) is 8.65. The summed E-state index contributed by atoms with van der Waals surface area (Å²) in [6, 6.07) is -0.282. The Balaban J connectivity index is 2.76. The second-order valence-corrected chi connectivity index (χ2v) is 4.01. The normalized spacial score (nSPS) is 25.5. The van der Waals surface area contributed by atoms with Crippen molar-refractivity contribution in [3.05, 3.63) is 0 Å². The van der Waals surface area contributed by atoms with Crippen LogP contribution in [0.25, 0.3) is 0 Å². The van der Waals surface area contributed by atoms with Gasteiger partial charge in [-0.15, -0.1) is 0 Å². The van der Waals surface area contributed by atoms with Crippen molar-refractivity contribution < 1.29 is 9.59 Å². The van der Waals surface area contributed by atoms with Gasteiger partial charge in [0.1, 0.15) is 0 Å². The third kappa shape index (κ3) is 1.59. The molecule has 0 aromatic heterocycles. The molecular weight excluding hydrogens is 142 g/mol. The van der Waals surface area contributed by atoms with E-state index in [-0.39, 0.29) is 29.6 Å². The van der Waals surface area contributed by atoms with Crippen molar-refractivity contribution in [2.45, 2.75) is 33.2 Å². The van der Waals surface area contributed by atoms with Crippen molar-refractivity contribution in [1.29, 1.82) is 0 Å². The maximum Gasteiger partial charge on any atom is 0.228 e. The third-order valence-electron chi connectivity index (χ3n) is 1.83. The van der Waals surface area contributed by atoms with E-state index < -0.39 is 0 Å². The highest BCUT2D eigenvalue weighted by Crippen LogP contribution is 2.23. The van der Waals surface area contributed by atoms with Crippen molar-refractivity contribution in [2.75, 3.05) is 0 Å². The Morgan fingerprint density at radius 2 is 1.91 bits per heavy atom. The van der Waals surface area contributed by atoms with Crippen LogP contribution in [-0.2, 0) is 9.59 Å². The highest BCUT2D eigenvalue weighted by Gasteiger charge is 2.38. The molecule has 0 aliphatic carbocycles. The molecule has 0 bridgehead atoms. The van der Waals surface area contributed by atoms with E-state index in [1.165, 1.54) is 0 Å². The average Bonchev–Trinajstić information content (AvgIpc) is 2.08. The van der Waals surface area contributed by atoms with Crippen LogP contribution in [-0.4, -0.2) is 17.7 Å². The standard InChI is InChI=1S/C8H13NO2/c1-8(2,3)7-5(10)4-6(11)9-7/h7H,4H2,1-3H3,(H,9,11)/t7-/m0/s1. The largest absolute Gasteiger partial charge is 0.345 e. The fourth-order valence-electron chi connectivity index (χ4n) is 1.25. The van der Waals surface area contributed by atoms with Gasteiger partial charge in [0, 0.05) is 0 Å². The van der Waals surface area contributed by atoms with Gasteiger partial charge in [-0.2, -0.15) is 0 Å². The van der Waals surface area contributed by atoms with Gasteiger partial charge in [-0.1, -0.05) is 20.8 Å². The van der Waals surface area contributed by atoms with Gasteiger partial charge in [-0.3, -0.25) is 9.59 Å². The smallest absolute Gasteiger partial charge is 0.228 e. The quantitative estimate of drug-likeness (QED) is 0.517. The summed E-state index contributed by atoms with van der Waals surface area (Å²) in [5.41, 5.74) is -0.150. The van der Waals surface area contributed by atoms with Crippen LogP contribution in [0.4, 0.5) is 0 Å². The average molecular weight is 155 g/mol. The molecule has 1 atom stereocenters. The first kappa shape index (κ1) is 8.24. The number of rotatable bonds is 0. The second kappa shape index (κ2) is 2.32. The van der Waals surface area contributed by atoms with Crippen molar-refractivity contribution in [3.8, 4) is 0 Å². The molecule has 0 aromatic carbocycles. The van der Waals surface area contributed by atoms with Crippen molar-refractivity contribution in [1.82, 2.24) is 5.32 Å². The first-order chi connectivity index (χ1) is 4.91. The molecule has 1 aliphatic rings. The van der Waals surface area contributed by atoms with Gasteiger partial charge < -0.3 is 5.32 Å². The lowest BCUT2D eigenvalue weighted by Gasteiger charge is -2.24. The molecule has 3 nitrogen and oxygen atoms in total. The van der Waals surface area contributed by atoms with E-state index in [4.69, 9.17) is 0 Å². The van der Waals surface area contributed by atoms with Crippen LogP contribution in [0.1, 0.15) is 27.2 Å². The lowest BCUT2D eigenvalue weighted by molar-refractivity contribution is -0.122. The number of carbonyl (C=O) groups is 2. The molecule has 62 valence electrons. The summed E-state index contributed by atoms with van der Waals surface area (Å²) in [6.45, 7) is 5.84. The SMILES string of the molecule is CC(C)(C)[C@H]1NC(=O)CC1=O. The lowest BCUT2D eigenvalue weighted by atomic mass is 9.85. The van der Waals surface area contributed by atoms with E-state index in [0.717, 1.165) is 0 Å². The predicted molar refractivity (Wildman–Crippen MR) is 41.0 cm³/mol. The third-order valence-corrected chi connectivity index (χ3v) is 1.83. The fourth-order valence-corrected chi connectivity index (χ4v) is 1.25. The Kier molecular flexibility index (Phi) is 1.74. The summed E-state index contributed by atoms with van der Waals surface area (Å²) in [6.07, 6.45) is 0.0575. The van der Waals surface area contributed by atoms with Crippen LogP contribution in [0.15, 0.2) is 0 Å². The molecule has 0 radical (unpaired) electrons. The zero-order valence-electron chi connectivity index (χ0n) is 7.10. The Hall–Kier alpha value is -0.860. The minimum absolute atomic E-state index is 0.0162. The minimum Gasteiger partial charge on any atom is -0.345 e. The maximum absolute atomic E-state index is 11.1. The van der Waals surface area contributed by atoms with E-state index in [1.54, 1.807) is 0 Å². The highest BCUT2D eigenvalue weighted by atomic mass is 16.2. The summed E-state index contributed by atoms with van der Waals surface area (Å²) in [4.78, 5) is 21.9. The molecule has 1 fully saturated rings. The van der Waals surface area contributed by atoms with Crippen LogP contribution in [0.2, 0.25) is 0 Å². The van der Waals surface area contributed by atoms with Gasteiger partial charge in [-0.05, 0) is 5.41 Å². The van der Waals surface area contributed by atoms with Gasteiger partial charge in [-0.25, -0.2) is 0 Å². The van der Waals surface area contributed by atoms with E-state index in [1.807, 2.05) is 20.8 Å². The number of Topliss-reactive ketones (excluding diaryl/α,β-unsaturated/α-hetero) is 1. The summed E-state index contributed by atoms with van der Waals surface area (Å²) in [7, 11) is 0. The number of ketones is 1. The van der Waals surface area contributed by atoms with E-state index in [9.17, 15) is 9.59 Å². The summed E-state index contributed by atoms with van der Waals surface area (Å²) in [5, 5.41) is 2.66. The van der Waals surface area contributed by atoms with Crippen LogP contribution < -0.4 is 5.32 Å². The monoisotopic (exact) mass is 155 g/mol. The van der Waals surface area contributed by atoms with E-state index in [0.29, 0.717) is 0 Å². The summed E-state index contributed by atoms with van der Waals surface area (Å²) >= 11 is 0. The molecule has 0 saturated carbocycles. The Morgan fingerprint density at radius 3 is 2.09 bits per heavy atom. The number of amides is 1. The molecule has 0 unspecified atom stereocenters. The fraction of sp³-hybridized carbons (Fsp3) is 0.750. The lowest BCUT2D eigenvalue weighted by Crippen LogP contribution is -2.40. The number of carbonyl (C=O) groups excluding carboxylic acids is 2. The van der Waals surface area contributed by atoms with Crippen molar-refractivity contribution in [2.24, 2.45) is 5.41 Å². The maximum atomic E-state index is 11.1. The molecule has 1 aliphatic heterocycles. The van der Waals surface area contributed by atoms with Crippen LogP contribution in [0, 0.1) is 5.41 Å². The number of nitrogens with one attached hydrogen (secondary N) is 1. The molecule has 0 spiro atoms. The number of hydrogen-bond acceptors (Lipinski definition) is 2. The van der Waals surface area contributed by atoms with Crippen LogP contribution in [0.3, 0.4) is 0 Å². The van der Waals surface area contributed by atoms with Gasteiger partial charge in [0.15, 0.2) is 5.78 Å². The Bertz CT molecular complexity index is 203. The number of hydrogen-bond donors (Lipinski definition) is 1. The van der Waals surface area contributed by atoms with Gasteiger partial charge in [0.2, 0.25) is 5.91 Å². The van der Waals surface area contributed by atoms with Crippen LogP contribution >= 0.6 is 0 Å². The topological polar surface area (TPSA) is 46.2 Å². The first-order valence-corrected chi connectivity index (χ1v) is 3.73. The van der Waals surface area contributed by atoms with E-state index >= 15 is 0 Å². The second-order valence-electron chi connectivity index (χ2n) is 4.01. The molecule has 1 N–H and O–H groups in total. The first-order valence-electron chi connectivity index (χ1n) is 3.73. The molecule has 3 heteroatoms. The Labute approximate surface area is 66.2 Å². The highest BCUT2D eigenvalue weighted by molar-refractivity contribution is 6.07. The van der Waals surface area contributed by atoms with Gasteiger partial charge in [0.25, 0.3) is 0 Å². The summed E-state index contributed by atoms with van der Waals surface area (Å²) < 4.78 is 0. The molecule has 1 rings (SSSR count). The molecule has 1 amide bonds. The summed E-state index contributed by atoms with van der Waals surface area (Å²) in [5.74, 6) is -0.127. The zero-order valence-corrected chi connectivity index (χ0v) is 7.10. The molecule has 0 aromatic rings. The minimum atomic E-state index is -0.282. The Morgan fingerprint density at radius 1 is 1.36 bits per heavy atom. The predicted octanol–water partition coefficient (Wildman–Crippen LogP) is 0.490. The van der Waals surface area contributed by atoms with Crippen molar-refractivity contribution in [3.63, 3.8) is 0 Å². The van der Waals surface area contributed by atoms with Gasteiger partial charge >= 0.3 is 0 Å². The molecule has 11 heavy (non-hydrogen) atoms. The molecule has 1 heterocycles. The molecular formula is C8H13NO2. The van der Waals surface area contributed by atoms with Crippen molar-refractivity contribution >= 4 is 11.7 Å². The van der Waals surface area contributed by atoms with E-state index in [2.05, 4.69) is 5.32 Å². The molecule has 1 saturated heterocycles. The van der Waals surface area contributed by atoms with Crippen LogP contribution in [0.5, 0.6) is 0 Å².